The third-order valence-corrected chi connectivity index (χ3v) is 4.31. The number of Topliss-reactive ketones (excluding diaryl/α,β-unsaturated/α-hetero) is 2. The van der Waals surface area contributed by atoms with Gasteiger partial charge in [0.2, 0.25) is 5.78 Å². The van der Waals surface area contributed by atoms with Crippen LogP contribution in [0, 0.1) is 0 Å². The van der Waals surface area contributed by atoms with Crippen molar-refractivity contribution in [2.45, 2.75) is 39.2 Å². The number of piperidine rings is 1. The number of ketones is 2. The molecule has 1 aliphatic heterocycles. The second-order valence-electron chi connectivity index (χ2n) is 6.44. The minimum Gasteiger partial charge on any atom is -0.361 e. The molecule has 0 bridgehead atoms. The van der Waals surface area contributed by atoms with Crippen molar-refractivity contribution in [2.24, 2.45) is 0 Å². The van der Waals surface area contributed by atoms with Crippen molar-refractivity contribution in [1.29, 1.82) is 0 Å². The summed E-state index contributed by atoms with van der Waals surface area (Å²) in [6.45, 7) is 4.12. The van der Waals surface area contributed by atoms with Crippen molar-refractivity contribution >= 4 is 28.4 Å². The van der Waals surface area contributed by atoms with E-state index in [1.165, 1.54) is 11.1 Å². The van der Waals surface area contributed by atoms with Gasteiger partial charge >= 0.3 is 0 Å². The molecule has 1 aliphatic rings. The smallest absolute Gasteiger partial charge is 0.288 e. The number of aromatic amines is 1. The summed E-state index contributed by atoms with van der Waals surface area (Å²) in [5.41, 5.74) is 4.42. The number of hydrogen-bond acceptors (Lipinski definition) is 3. The summed E-state index contributed by atoms with van der Waals surface area (Å²) in [5.74, 6) is -1.54. The van der Waals surface area contributed by atoms with Crippen molar-refractivity contribution < 1.29 is 14.4 Å². The molecular formula is C19H20N2O3. The molecule has 124 valence electrons. The SMILES string of the molecule is CC(C)=CCc1cccc2[nH]cc(CC3NC(=O)C(=O)CC3=O)c12. The van der Waals surface area contributed by atoms with Gasteiger partial charge in [-0.15, -0.1) is 0 Å². The van der Waals surface area contributed by atoms with Gasteiger partial charge in [-0.05, 0) is 37.5 Å². The first-order chi connectivity index (χ1) is 11.5. The summed E-state index contributed by atoms with van der Waals surface area (Å²) >= 11 is 0. The molecule has 1 fully saturated rings. The van der Waals surface area contributed by atoms with Crippen LogP contribution in [-0.2, 0) is 27.2 Å². The lowest BCUT2D eigenvalue weighted by Crippen LogP contribution is -2.51. The van der Waals surface area contributed by atoms with Gasteiger partial charge in [-0.2, -0.15) is 0 Å². The van der Waals surface area contributed by atoms with Crippen molar-refractivity contribution in [1.82, 2.24) is 10.3 Å². The molecule has 3 rings (SSSR count). The molecule has 2 heterocycles. The maximum Gasteiger partial charge on any atom is 0.288 e. The van der Waals surface area contributed by atoms with E-state index in [1.807, 2.05) is 18.3 Å². The average Bonchev–Trinajstić information content (AvgIpc) is 2.94. The number of H-pyrrole nitrogens is 1. The molecule has 2 N–H and O–H groups in total. The molecule has 0 spiro atoms. The Labute approximate surface area is 140 Å². The lowest BCUT2D eigenvalue weighted by molar-refractivity contribution is -0.144. The molecule has 0 saturated carbocycles. The van der Waals surface area contributed by atoms with Crippen LogP contribution >= 0.6 is 0 Å². The van der Waals surface area contributed by atoms with E-state index in [9.17, 15) is 14.4 Å². The molecule has 0 radical (unpaired) electrons. The summed E-state index contributed by atoms with van der Waals surface area (Å²) in [7, 11) is 0. The number of fused-ring (bicyclic) bond motifs is 1. The van der Waals surface area contributed by atoms with Gasteiger partial charge in [-0.25, -0.2) is 0 Å². The average molecular weight is 324 g/mol. The molecule has 1 unspecified atom stereocenters. The first-order valence-electron chi connectivity index (χ1n) is 8.03. The number of nitrogens with one attached hydrogen (secondary N) is 2. The van der Waals surface area contributed by atoms with E-state index in [2.05, 4.69) is 36.3 Å². The Hall–Kier alpha value is -2.69. The predicted molar refractivity (Wildman–Crippen MR) is 91.7 cm³/mol. The second kappa shape index (κ2) is 6.43. The third-order valence-electron chi connectivity index (χ3n) is 4.31. The molecule has 2 aromatic rings. The third kappa shape index (κ3) is 3.15. The summed E-state index contributed by atoms with van der Waals surface area (Å²) < 4.78 is 0. The fraction of sp³-hybridized carbons (Fsp3) is 0.316. The highest BCUT2D eigenvalue weighted by molar-refractivity contribution is 6.42. The van der Waals surface area contributed by atoms with E-state index in [0.29, 0.717) is 6.42 Å². The molecular weight excluding hydrogens is 304 g/mol. The van der Waals surface area contributed by atoms with Gasteiger partial charge in [-0.1, -0.05) is 23.8 Å². The predicted octanol–water partition coefficient (Wildman–Crippen LogP) is 2.25. The maximum atomic E-state index is 12.1. The van der Waals surface area contributed by atoms with Crippen LogP contribution in [0.3, 0.4) is 0 Å². The van der Waals surface area contributed by atoms with Gasteiger partial charge in [0.25, 0.3) is 5.91 Å². The lowest BCUT2D eigenvalue weighted by atomic mass is 9.93. The zero-order chi connectivity index (χ0) is 17.3. The normalized spacial score (nSPS) is 17.9. The first kappa shape index (κ1) is 16.2. The molecule has 1 atom stereocenters. The van der Waals surface area contributed by atoms with E-state index < -0.39 is 17.7 Å². The summed E-state index contributed by atoms with van der Waals surface area (Å²) in [5, 5.41) is 3.62. The molecule has 0 aliphatic carbocycles. The fourth-order valence-corrected chi connectivity index (χ4v) is 3.05. The number of benzene rings is 1. The van der Waals surface area contributed by atoms with Crippen molar-refractivity contribution in [3.05, 3.63) is 47.2 Å². The lowest BCUT2D eigenvalue weighted by Gasteiger charge is -2.21. The van der Waals surface area contributed by atoms with Crippen LogP contribution in [0.4, 0.5) is 0 Å². The number of hydrogen-bond donors (Lipinski definition) is 2. The van der Waals surface area contributed by atoms with E-state index >= 15 is 0 Å². The Morgan fingerprint density at radius 1 is 1.21 bits per heavy atom. The molecule has 1 aromatic carbocycles. The number of aromatic nitrogens is 1. The maximum absolute atomic E-state index is 12.1. The van der Waals surface area contributed by atoms with Crippen LogP contribution in [0.2, 0.25) is 0 Å². The largest absolute Gasteiger partial charge is 0.361 e. The molecule has 1 amide bonds. The standard InChI is InChI=1S/C19H20N2O3/c1-11(2)6-7-12-4-3-5-14-18(12)13(10-20-14)8-15-16(22)9-17(23)19(24)21-15/h3-6,10,15,20H,7-9H2,1-2H3,(H,21,24). The highest BCUT2D eigenvalue weighted by Gasteiger charge is 2.33. The summed E-state index contributed by atoms with van der Waals surface area (Å²) in [4.78, 5) is 38.2. The van der Waals surface area contributed by atoms with E-state index in [-0.39, 0.29) is 12.2 Å². The van der Waals surface area contributed by atoms with E-state index in [0.717, 1.165) is 22.9 Å². The number of amides is 1. The van der Waals surface area contributed by atoms with Crippen LogP contribution in [0.25, 0.3) is 10.9 Å². The summed E-state index contributed by atoms with van der Waals surface area (Å²) in [6, 6.07) is 5.44. The van der Waals surface area contributed by atoms with Crippen molar-refractivity contribution in [3.63, 3.8) is 0 Å². The van der Waals surface area contributed by atoms with Gasteiger partial charge in [-0.3, -0.25) is 14.4 Å². The van der Waals surface area contributed by atoms with Crippen LogP contribution < -0.4 is 5.32 Å². The van der Waals surface area contributed by atoms with Gasteiger partial charge in [0.1, 0.15) is 0 Å². The highest BCUT2D eigenvalue weighted by Crippen LogP contribution is 2.25. The zero-order valence-electron chi connectivity index (χ0n) is 13.8. The molecule has 5 heteroatoms. The summed E-state index contributed by atoms with van der Waals surface area (Å²) in [6.07, 6.45) is 4.95. The fourth-order valence-electron chi connectivity index (χ4n) is 3.05. The Kier molecular flexibility index (Phi) is 4.34. The van der Waals surface area contributed by atoms with Gasteiger partial charge in [0.05, 0.1) is 12.5 Å². The van der Waals surface area contributed by atoms with E-state index in [4.69, 9.17) is 0 Å². The minimum absolute atomic E-state index is 0.226. The Bertz CT molecular complexity index is 857. The Morgan fingerprint density at radius 3 is 2.75 bits per heavy atom. The quantitative estimate of drug-likeness (QED) is 0.514. The molecule has 1 aromatic heterocycles. The van der Waals surface area contributed by atoms with Crippen molar-refractivity contribution in [2.75, 3.05) is 0 Å². The van der Waals surface area contributed by atoms with E-state index in [1.54, 1.807) is 0 Å². The molecule has 24 heavy (non-hydrogen) atoms. The number of rotatable bonds is 4. The van der Waals surface area contributed by atoms with Crippen LogP contribution in [0.5, 0.6) is 0 Å². The number of carbonyl (C=O) groups excluding carboxylic acids is 3. The number of allylic oxidation sites excluding steroid dienone is 2. The topological polar surface area (TPSA) is 79.0 Å². The second-order valence-corrected chi connectivity index (χ2v) is 6.44. The Balaban J connectivity index is 1.92. The minimum atomic E-state index is -0.663. The molecule has 5 nitrogen and oxygen atoms in total. The van der Waals surface area contributed by atoms with Gasteiger partial charge < -0.3 is 10.3 Å². The molecule has 1 saturated heterocycles. The van der Waals surface area contributed by atoms with Gasteiger partial charge in [0, 0.05) is 23.5 Å². The zero-order valence-corrected chi connectivity index (χ0v) is 13.8. The van der Waals surface area contributed by atoms with Crippen LogP contribution in [-0.4, -0.2) is 28.5 Å². The monoisotopic (exact) mass is 324 g/mol. The van der Waals surface area contributed by atoms with Gasteiger partial charge in [0.15, 0.2) is 5.78 Å². The van der Waals surface area contributed by atoms with Crippen LogP contribution in [0.15, 0.2) is 36.0 Å². The first-order valence-corrected chi connectivity index (χ1v) is 8.03. The van der Waals surface area contributed by atoms with Crippen LogP contribution in [0.1, 0.15) is 31.4 Å². The van der Waals surface area contributed by atoms with Crippen molar-refractivity contribution in [3.8, 4) is 0 Å². The number of carbonyl (C=O) groups is 3. The highest BCUT2D eigenvalue weighted by atomic mass is 16.2. The Morgan fingerprint density at radius 2 is 2.00 bits per heavy atom.